The molecule has 3 nitrogen and oxygen atoms in total. The third-order valence-electron chi connectivity index (χ3n) is 2.15. The first-order chi connectivity index (χ1) is 7.74. The van der Waals surface area contributed by atoms with Crippen LogP contribution in [-0.2, 0) is 11.4 Å². The molecule has 0 bridgehead atoms. The predicted octanol–water partition coefficient (Wildman–Crippen LogP) is 2.83. The van der Waals surface area contributed by atoms with Crippen LogP contribution in [0.5, 0.6) is 0 Å². The molecular weight excluding hydrogens is 200 g/mol. The lowest BCUT2D eigenvalue weighted by Gasteiger charge is -2.02. The van der Waals surface area contributed by atoms with E-state index in [0.29, 0.717) is 12.4 Å². The van der Waals surface area contributed by atoms with E-state index in [9.17, 15) is 0 Å². The Bertz CT molecular complexity index is 369. The Morgan fingerprint density at radius 1 is 1.38 bits per heavy atom. The monoisotopic (exact) mass is 218 g/mol. The van der Waals surface area contributed by atoms with E-state index in [1.165, 1.54) is 0 Å². The van der Waals surface area contributed by atoms with Crippen molar-refractivity contribution in [1.82, 2.24) is 0 Å². The van der Waals surface area contributed by atoms with Crippen molar-refractivity contribution in [3.05, 3.63) is 47.5 Å². The zero-order valence-electron chi connectivity index (χ0n) is 9.81. The Hall–Kier alpha value is -1.77. The van der Waals surface area contributed by atoms with E-state index in [4.69, 9.17) is 10.6 Å². The fourth-order valence-electron chi connectivity index (χ4n) is 1.23. The average molecular weight is 218 g/mol. The molecule has 0 unspecified atom stereocenters. The molecule has 0 radical (unpaired) electrons. The van der Waals surface area contributed by atoms with E-state index in [1.54, 1.807) is 0 Å². The van der Waals surface area contributed by atoms with Gasteiger partial charge < -0.3 is 10.6 Å². The van der Waals surface area contributed by atoms with Crippen LogP contribution in [-0.4, -0.2) is 5.84 Å². The van der Waals surface area contributed by atoms with Gasteiger partial charge in [0.1, 0.15) is 6.61 Å². The van der Waals surface area contributed by atoms with Gasteiger partial charge in [-0.25, -0.2) is 0 Å². The zero-order valence-corrected chi connectivity index (χ0v) is 9.81. The summed E-state index contributed by atoms with van der Waals surface area (Å²) in [6, 6.07) is 9.87. The lowest BCUT2D eigenvalue weighted by molar-refractivity contribution is 0.130. The second kappa shape index (κ2) is 6.67. The highest BCUT2D eigenvalue weighted by molar-refractivity contribution is 5.95. The minimum Gasteiger partial charge on any atom is -0.389 e. The van der Waals surface area contributed by atoms with Crippen LogP contribution in [0.25, 0.3) is 0 Å². The van der Waals surface area contributed by atoms with Crippen molar-refractivity contribution in [2.24, 2.45) is 10.9 Å². The summed E-state index contributed by atoms with van der Waals surface area (Å²) in [4.78, 5) is 5.17. The van der Waals surface area contributed by atoms with Gasteiger partial charge in [-0.1, -0.05) is 48.5 Å². The molecule has 0 fully saturated rings. The lowest BCUT2D eigenvalue weighted by Crippen LogP contribution is -2.13. The molecule has 1 rings (SSSR count). The van der Waals surface area contributed by atoms with Gasteiger partial charge >= 0.3 is 0 Å². The Kier molecular flexibility index (Phi) is 5.12. The van der Waals surface area contributed by atoms with Gasteiger partial charge in [-0.15, -0.1) is 0 Å². The van der Waals surface area contributed by atoms with Crippen LogP contribution in [0.3, 0.4) is 0 Å². The molecule has 16 heavy (non-hydrogen) atoms. The molecule has 0 atom stereocenters. The SMILES string of the molecule is CC/C=C(C)/C(N)=N/OCc1ccccc1. The van der Waals surface area contributed by atoms with Gasteiger partial charge in [0.2, 0.25) is 0 Å². The zero-order chi connectivity index (χ0) is 11.8. The second-order valence-corrected chi connectivity index (χ2v) is 3.53. The second-order valence-electron chi connectivity index (χ2n) is 3.53. The van der Waals surface area contributed by atoms with Crippen LogP contribution in [0.1, 0.15) is 25.8 Å². The Morgan fingerprint density at radius 2 is 2.06 bits per heavy atom. The first kappa shape index (κ1) is 12.3. The molecule has 3 heteroatoms. The highest BCUT2D eigenvalue weighted by atomic mass is 16.6. The summed E-state index contributed by atoms with van der Waals surface area (Å²) in [5.41, 5.74) is 7.76. The van der Waals surface area contributed by atoms with Gasteiger partial charge in [-0.3, -0.25) is 0 Å². The lowest BCUT2D eigenvalue weighted by atomic mass is 10.2. The number of hydrogen-bond acceptors (Lipinski definition) is 2. The molecule has 0 aromatic heterocycles. The number of allylic oxidation sites excluding steroid dienone is 1. The van der Waals surface area contributed by atoms with Crippen molar-refractivity contribution < 1.29 is 4.84 Å². The number of nitrogens with zero attached hydrogens (tertiary/aromatic N) is 1. The van der Waals surface area contributed by atoms with Crippen molar-refractivity contribution in [3.8, 4) is 0 Å². The predicted molar refractivity (Wildman–Crippen MR) is 66.9 cm³/mol. The maximum atomic E-state index is 5.72. The topological polar surface area (TPSA) is 47.6 Å². The normalized spacial score (nSPS) is 12.6. The third kappa shape index (κ3) is 4.17. The van der Waals surface area contributed by atoms with Crippen molar-refractivity contribution in [3.63, 3.8) is 0 Å². The Labute approximate surface area is 96.6 Å². The van der Waals surface area contributed by atoms with E-state index in [-0.39, 0.29) is 0 Å². The van der Waals surface area contributed by atoms with Crippen molar-refractivity contribution in [1.29, 1.82) is 0 Å². The molecule has 0 aliphatic rings. The van der Waals surface area contributed by atoms with E-state index < -0.39 is 0 Å². The highest BCUT2D eigenvalue weighted by Gasteiger charge is 1.96. The van der Waals surface area contributed by atoms with Gasteiger partial charge in [0.05, 0.1) is 0 Å². The number of nitrogens with two attached hydrogens (primary N) is 1. The Morgan fingerprint density at radius 3 is 2.69 bits per heavy atom. The fraction of sp³-hybridized carbons (Fsp3) is 0.308. The first-order valence-electron chi connectivity index (χ1n) is 5.40. The summed E-state index contributed by atoms with van der Waals surface area (Å²) in [6.45, 7) is 4.43. The number of rotatable bonds is 5. The van der Waals surface area contributed by atoms with Crippen LogP contribution < -0.4 is 5.73 Å². The summed E-state index contributed by atoms with van der Waals surface area (Å²) in [7, 11) is 0. The number of hydrogen-bond donors (Lipinski definition) is 1. The molecule has 0 amide bonds. The summed E-state index contributed by atoms with van der Waals surface area (Å²) in [6.07, 6.45) is 2.96. The molecule has 0 saturated heterocycles. The van der Waals surface area contributed by atoms with Crippen LogP contribution >= 0.6 is 0 Å². The number of oxime groups is 1. The summed E-state index contributed by atoms with van der Waals surface area (Å²) in [5, 5.41) is 3.86. The Balaban J connectivity index is 2.45. The number of benzene rings is 1. The standard InChI is InChI=1S/C13H18N2O/c1-3-7-11(2)13(14)15-16-10-12-8-5-4-6-9-12/h4-9H,3,10H2,1-2H3,(H2,14,15)/b11-7+. The highest BCUT2D eigenvalue weighted by Crippen LogP contribution is 2.02. The van der Waals surface area contributed by atoms with Crippen molar-refractivity contribution in [2.75, 3.05) is 0 Å². The molecule has 1 aromatic carbocycles. The van der Waals surface area contributed by atoms with Crippen LogP contribution in [0.2, 0.25) is 0 Å². The first-order valence-corrected chi connectivity index (χ1v) is 5.40. The van der Waals surface area contributed by atoms with E-state index >= 15 is 0 Å². The van der Waals surface area contributed by atoms with Gasteiger partial charge in [-0.05, 0) is 24.5 Å². The largest absolute Gasteiger partial charge is 0.389 e. The molecule has 0 aliphatic heterocycles. The minimum atomic E-state index is 0.442. The molecule has 0 aliphatic carbocycles. The maximum Gasteiger partial charge on any atom is 0.165 e. The molecule has 86 valence electrons. The van der Waals surface area contributed by atoms with Gasteiger partial charge in [0.25, 0.3) is 0 Å². The summed E-state index contributed by atoms with van der Waals surface area (Å²) >= 11 is 0. The van der Waals surface area contributed by atoms with E-state index in [1.807, 2.05) is 43.3 Å². The fourth-order valence-corrected chi connectivity index (χ4v) is 1.23. The quantitative estimate of drug-likeness (QED) is 0.469. The summed E-state index contributed by atoms with van der Waals surface area (Å²) < 4.78 is 0. The number of amidine groups is 1. The molecule has 1 aromatic rings. The van der Waals surface area contributed by atoms with Gasteiger partial charge in [0, 0.05) is 0 Å². The smallest absolute Gasteiger partial charge is 0.165 e. The molecule has 0 saturated carbocycles. The molecule has 0 heterocycles. The van der Waals surface area contributed by atoms with Crippen LogP contribution in [0, 0.1) is 0 Å². The van der Waals surface area contributed by atoms with Gasteiger partial charge in [0.15, 0.2) is 5.84 Å². The van der Waals surface area contributed by atoms with Gasteiger partial charge in [-0.2, -0.15) is 0 Å². The summed E-state index contributed by atoms with van der Waals surface area (Å²) in [5.74, 6) is 0.442. The van der Waals surface area contributed by atoms with Crippen LogP contribution in [0.15, 0.2) is 47.1 Å². The average Bonchev–Trinajstić information content (AvgIpc) is 2.30. The molecule has 2 N–H and O–H groups in total. The van der Waals surface area contributed by atoms with E-state index in [2.05, 4.69) is 12.1 Å². The maximum absolute atomic E-state index is 5.72. The van der Waals surface area contributed by atoms with Crippen molar-refractivity contribution in [2.45, 2.75) is 26.9 Å². The van der Waals surface area contributed by atoms with E-state index in [0.717, 1.165) is 17.6 Å². The van der Waals surface area contributed by atoms with Crippen LogP contribution in [0.4, 0.5) is 0 Å². The molecular formula is C13H18N2O. The third-order valence-corrected chi connectivity index (χ3v) is 2.15. The molecule has 0 spiro atoms. The van der Waals surface area contributed by atoms with Crippen molar-refractivity contribution >= 4 is 5.84 Å². The minimum absolute atomic E-state index is 0.442.